The number of aromatic amines is 1. The van der Waals surface area contributed by atoms with Crippen LogP contribution in [0.25, 0.3) is 11.0 Å². The summed E-state index contributed by atoms with van der Waals surface area (Å²) in [6.45, 7) is 2.58. The van der Waals surface area contributed by atoms with Crippen LogP contribution in [0.5, 0.6) is 0 Å². The Morgan fingerprint density at radius 2 is 2.15 bits per heavy atom. The molecule has 136 valence electrons. The van der Waals surface area contributed by atoms with Gasteiger partial charge in [-0.15, -0.1) is 11.3 Å². The Labute approximate surface area is 154 Å². The molecule has 1 saturated heterocycles. The summed E-state index contributed by atoms with van der Waals surface area (Å²) in [6.07, 6.45) is 3.25. The highest BCUT2D eigenvalue weighted by molar-refractivity contribution is 7.13. The monoisotopic (exact) mass is 373 g/mol. The number of aryl methyl sites for hydroxylation is 1. The molecule has 1 fully saturated rings. The lowest BCUT2D eigenvalue weighted by atomic mass is 10.3. The first kappa shape index (κ1) is 17.0. The second-order valence-electron chi connectivity index (χ2n) is 6.44. The number of halogens is 1. The molecule has 0 unspecified atom stereocenters. The number of fused-ring (bicyclic) bond motifs is 1. The molecule has 1 aliphatic rings. The number of carbonyl (C=O) groups excluding carboxylic acids is 1. The van der Waals surface area contributed by atoms with Crippen LogP contribution in [0.4, 0.5) is 9.52 Å². The minimum atomic E-state index is -0.304. The molecule has 0 bridgehead atoms. The van der Waals surface area contributed by atoms with Gasteiger partial charge in [0, 0.05) is 31.3 Å². The summed E-state index contributed by atoms with van der Waals surface area (Å²) >= 11 is 1.63. The molecule has 0 aliphatic carbocycles. The van der Waals surface area contributed by atoms with E-state index in [1.54, 1.807) is 17.4 Å². The van der Waals surface area contributed by atoms with Crippen molar-refractivity contribution >= 4 is 33.4 Å². The molecule has 4 rings (SSSR count). The number of aromatic nitrogens is 3. The lowest BCUT2D eigenvalue weighted by Gasteiger charge is -2.12. The Bertz CT molecular complexity index is 915. The summed E-state index contributed by atoms with van der Waals surface area (Å²) in [7, 11) is 0. The van der Waals surface area contributed by atoms with Crippen molar-refractivity contribution in [2.24, 2.45) is 0 Å². The van der Waals surface area contributed by atoms with Crippen molar-refractivity contribution in [3.63, 3.8) is 0 Å². The van der Waals surface area contributed by atoms with Gasteiger partial charge in [0.25, 0.3) is 0 Å². The van der Waals surface area contributed by atoms with Gasteiger partial charge in [-0.25, -0.2) is 14.4 Å². The molecule has 0 atom stereocenters. The average Bonchev–Trinajstić information content (AvgIpc) is 3.36. The van der Waals surface area contributed by atoms with Gasteiger partial charge in [-0.2, -0.15) is 0 Å². The Balaban J connectivity index is 1.27. The molecule has 8 heteroatoms. The van der Waals surface area contributed by atoms with Crippen molar-refractivity contribution in [1.29, 1.82) is 0 Å². The van der Waals surface area contributed by atoms with Crippen molar-refractivity contribution in [2.75, 3.05) is 18.0 Å². The summed E-state index contributed by atoms with van der Waals surface area (Å²) in [5.41, 5.74) is 2.25. The summed E-state index contributed by atoms with van der Waals surface area (Å²) in [5.74, 6) is 0.333. The normalized spacial score (nSPS) is 14.3. The molecular weight excluding hydrogens is 353 g/mol. The number of imidazole rings is 1. The third-order valence-corrected chi connectivity index (χ3v) is 5.41. The van der Waals surface area contributed by atoms with Crippen LogP contribution < -0.4 is 10.2 Å². The summed E-state index contributed by atoms with van der Waals surface area (Å²) in [6, 6.07) is 4.42. The van der Waals surface area contributed by atoms with Gasteiger partial charge < -0.3 is 15.2 Å². The van der Waals surface area contributed by atoms with Crippen molar-refractivity contribution in [3.8, 4) is 0 Å². The number of benzene rings is 1. The molecule has 3 aromatic rings. The number of rotatable bonds is 6. The first-order valence-electron chi connectivity index (χ1n) is 8.77. The van der Waals surface area contributed by atoms with E-state index in [1.165, 1.54) is 25.0 Å². The van der Waals surface area contributed by atoms with E-state index in [9.17, 15) is 9.18 Å². The number of carbonyl (C=O) groups is 1. The lowest BCUT2D eigenvalue weighted by Crippen LogP contribution is -2.23. The van der Waals surface area contributed by atoms with Crippen molar-refractivity contribution in [1.82, 2.24) is 20.3 Å². The Hall–Kier alpha value is -2.48. The minimum Gasteiger partial charge on any atom is -0.350 e. The highest BCUT2D eigenvalue weighted by atomic mass is 32.1. The number of hydrogen-bond acceptors (Lipinski definition) is 5. The molecule has 1 aromatic carbocycles. The second kappa shape index (κ2) is 7.41. The van der Waals surface area contributed by atoms with E-state index in [4.69, 9.17) is 0 Å². The number of anilines is 1. The fraction of sp³-hybridized carbons (Fsp3) is 0.389. The van der Waals surface area contributed by atoms with Gasteiger partial charge in [0.05, 0.1) is 23.3 Å². The number of nitrogens with zero attached hydrogens (tertiary/aromatic N) is 3. The van der Waals surface area contributed by atoms with Gasteiger partial charge in [-0.1, -0.05) is 0 Å². The van der Waals surface area contributed by atoms with Crippen molar-refractivity contribution in [3.05, 3.63) is 40.9 Å². The van der Waals surface area contributed by atoms with Crippen LogP contribution in [-0.4, -0.2) is 33.9 Å². The lowest BCUT2D eigenvalue weighted by molar-refractivity contribution is -0.121. The average molecular weight is 373 g/mol. The predicted octanol–water partition coefficient (Wildman–Crippen LogP) is 3.01. The van der Waals surface area contributed by atoms with Crippen LogP contribution in [0, 0.1) is 5.82 Å². The smallest absolute Gasteiger partial charge is 0.220 e. The first-order chi connectivity index (χ1) is 12.7. The third-order valence-electron chi connectivity index (χ3n) is 4.46. The number of thiazole rings is 1. The fourth-order valence-corrected chi connectivity index (χ4v) is 3.97. The third kappa shape index (κ3) is 3.85. The molecule has 2 N–H and O–H groups in total. The summed E-state index contributed by atoms with van der Waals surface area (Å²) < 4.78 is 13.2. The van der Waals surface area contributed by atoms with Crippen LogP contribution in [0.2, 0.25) is 0 Å². The molecule has 3 heterocycles. The summed E-state index contributed by atoms with van der Waals surface area (Å²) in [4.78, 5) is 26.4. The van der Waals surface area contributed by atoms with Gasteiger partial charge >= 0.3 is 0 Å². The van der Waals surface area contributed by atoms with E-state index in [-0.39, 0.29) is 11.7 Å². The Kier molecular flexibility index (Phi) is 4.83. The van der Waals surface area contributed by atoms with E-state index in [2.05, 4.69) is 25.2 Å². The van der Waals surface area contributed by atoms with Gasteiger partial charge in [0.1, 0.15) is 11.6 Å². The number of H-pyrrole nitrogens is 1. The Morgan fingerprint density at radius 1 is 1.31 bits per heavy atom. The van der Waals surface area contributed by atoms with E-state index in [1.807, 2.05) is 5.38 Å². The number of amides is 1. The topological polar surface area (TPSA) is 73.9 Å². The second-order valence-corrected chi connectivity index (χ2v) is 7.27. The fourth-order valence-electron chi connectivity index (χ4n) is 3.09. The van der Waals surface area contributed by atoms with E-state index in [0.29, 0.717) is 36.2 Å². The molecule has 0 spiro atoms. The maximum absolute atomic E-state index is 13.2. The predicted molar refractivity (Wildman–Crippen MR) is 99.8 cm³/mol. The van der Waals surface area contributed by atoms with Crippen LogP contribution in [-0.2, 0) is 17.8 Å². The molecule has 1 amide bonds. The highest BCUT2D eigenvalue weighted by Gasteiger charge is 2.15. The van der Waals surface area contributed by atoms with Crippen LogP contribution in [0.15, 0.2) is 23.6 Å². The van der Waals surface area contributed by atoms with Crippen molar-refractivity contribution < 1.29 is 9.18 Å². The molecule has 0 radical (unpaired) electrons. The molecular formula is C18H20FN5OS. The molecule has 0 saturated carbocycles. The zero-order valence-corrected chi connectivity index (χ0v) is 15.1. The summed E-state index contributed by atoms with van der Waals surface area (Å²) in [5, 5.41) is 5.95. The molecule has 6 nitrogen and oxygen atoms in total. The molecule has 26 heavy (non-hydrogen) atoms. The van der Waals surface area contributed by atoms with E-state index in [0.717, 1.165) is 23.9 Å². The van der Waals surface area contributed by atoms with Gasteiger partial charge in [0.2, 0.25) is 5.91 Å². The maximum Gasteiger partial charge on any atom is 0.220 e. The quantitative estimate of drug-likeness (QED) is 0.697. The number of nitrogens with one attached hydrogen (secondary N) is 2. The van der Waals surface area contributed by atoms with Crippen LogP contribution >= 0.6 is 11.3 Å². The van der Waals surface area contributed by atoms with Crippen molar-refractivity contribution in [2.45, 2.75) is 32.2 Å². The minimum absolute atomic E-state index is 0.0487. The van der Waals surface area contributed by atoms with E-state index < -0.39 is 0 Å². The maximum atomic E-state index is 13.2. The zero-order chi connectivity index (χ0) is 17.9. The van der Waals surface area contributed by atoms with Gasteiger partial charge in [0.15, 0.2) is 5.13 Å². The Morgan fingerprint density at radius 3 is 3.00 bits per heavy atom. The standard InChI is InChI=1S/C18H20FN5OS/c19-12-3-4-14-15(9-12)23-16(22-14)5-6-17(25)20-10-13-11-26-18(21-13)24-7-1-2-8-24/h3-4,9,11H,1-2,5-8,10H2,(H,20,25)(H,22,23). The number of hydrogen-bond donors (Lipinski definition) is 2. The SMILES string of the molecule is O=C(CCc1nc2ccc(F)cc2[nH]1)NCc1csc(N2CCCC2)n1. The highest BCUT2D eigenvalue weighted by Crippen LogP contribution is 2.24. The molecule has 2 aromatic heterocycles. The zero-order valence-electron chi connectivity index (χ0n) is 14.3. The largest absolute Gasteiger partial charge is 0.350 e. The van der Waals surface area contributed by atoms with Crippen LogP contribution in [0.1, 0.15) is 30.8 Å². The van der Waals surface area contributed by atoms with Crippen LogP contribution in [0.3, 0.4) is 0 Å². The van der Waals surface area contributed by atoms with Gasteiger partial charge in [-0.3, -0.25) is 4.79 Å². The van der Waals surface area contributed by atoms with Gasteiger partial charge in [-0.05, 0) is 31.0 Å². The first-order valence-corrected chi connectivity index (χ1v) is 9.65. The van der Waals surface area contributed by atoms with E-state index >= 15 is 0 Å². The molecule has 1 aliphatic heterocycles.